The minimum absolute atomic E-state index is 0. The van der Waals surface area contributed by atoms with E-state index in [4.69, 9.17) is 0 Å². The predicted octanol–water partition coefficient (Wildman–Crippen LogP) is 2.99. The first-order valence-electron chi connectivity index (χ1n) is 4.87. The number of nitrogens with one attached hydrogen (secondary N) is 1. The molecule has 90 valence electrons. The van der Waals surface area contributed by atoms with Crippen molar-refractivity contribution in [2.45, 2.75) is 60.0 Å². The van der Waals surface area contributed by atoms with Crippen molar-refractivity contribution < 1.29 is 0 Å². The zero-order valence-corrected chi connectivity index (χ0v) is 10.9. The summed E-state index contributed by atoms with van der Waals surface area (Å²) >= 11 is 0. The highest BCUT2D eigenvalue weighted by Gasteiger charge is 2.10. The second-order valence-electron chi connectivity index (χ2n) is 5.57. The lowest BCUT2D eigenvalue weighted by Crippen LogP contribution is -2.34. The van der Waals surface area contributed by atoms with Crippen LogP contribution in [0.2, 0.25) is 0 Å². The summed E-state index contributed by atoms with van der Waals surface area (Å²) in [5.74, 6) is 0. The van der Waals surface area contributed by atoms with E-state index < -0.39 is 0 Å². The second-order valence-corrected chi connectivity index (χ2v) is 5.57. The van der Waals surface area contributed by atoms with Gasteiger partial charge in [0.1, 0.15) is 0 Å². The second kappa shape index (κ2) is 7.24. The fourth-order valence-corrected chi connectivity index (χ4v) is 0. The largest absolute Gasteiger partial charge is 0.315 e. The van der Waals surface area contributed by atoms with Gasteiger partial charge in [0, 0.05) is 11.1 Å². The lowest BCUT2D eigenvalue weighted by molar-refractivity contribution is 0.219. The highest BCUT2D eigenvalue weighted by Crippen LogP contribution is 2.05. The van der Waals surface area contributed by atoms with Gasteiger partial charge in [-0.2, -0.15) is 0 Å². The summed E-state index contributed by atoms with van der Waals surface area (Å²) in [5.41, 5.74) is 0.625. The first-order valence-corrected chi connectivity index (χ1v) is 4.87. The van der Waals surface area contributed by atoms with E-state index in [9.17, 15) is 0 Å². The molecule has 0 aliphatic heterocycles. The van der Waals surface area contributed by atoms with Gasteiger partial charge in [0.25, 0.3) is 0 Å². The van der Waals surface area contributed by atoms with Crippen LogP contribution in [0.5, 0.6) is 0 Å². The maximum Gasteiger partial charge on any atom is 0.0118 e. The van der Waals surface area contributed by atoms with Crippen LogP contribution in [0.4, 0.5) is 0 Å². The smallest absolute Gasteiger partial charge is 0.0118 e. The fourth-order valence-electron chi connectivity index (χ4n) is 0. The molecule has 0 aliphatic rings. The van der Waals surface area contributed by atoms with E-state index in [1.807, 2.05) is 7.05 Å². The molecule has 0 bridgehead atoms. The molecule has 0 heterocycles. The van der Waals surface area contributed by atoms with Crippen LogP contribution in [0.15, 0.2) is 0 Å². The Labute approximate surface area is 92.1 Å². The van der Waals surface area contributed by atoms with Crippen molar-refractivity contribution in [3.8, 4) is 0 Å². The van der Waals surface area contributed by atoms with Gasteiger partial charge in [0.2, 0.25) is 0 Å². The number of nitrogens with zero attached hydrogens (tertiary/aromatic N) is 1. The molecule has 0 aromatic heterocycles. The summed E-state index contributed by atoms with van der Waals surface area (Å²) in [4.78, 5) is 2.19. The van der Waals surface area contributed by atoms with Crippen LogP contribution in [0.3, 0.4) is 0 Å². The normalized spacial score (nSPS) is 11.6. The zero-order chi connectivity index (χ0) is 11.3. The quantitative estimate of drug-likeness (QED) is 0.652. The summed E-state index contributed by atoms with van der Waals surface area (Å²) in [6.45, 7) is 13.0. The van der Waals surface area contributed by atoms with E-state index >= 15 is 0 Å². The minimum Gasteiger partial charge on any atom is -0.315 e. The molecule has 0 atom stereocenters. The molecular weight excluding hydrogens is 172 g/mol. The van der Waals surface area contributed by atoms with E-state index in [1.54, 1.807) is 0 Å². The fraction of sp³-hybridized carbons (Fsp3) is 1.00. The van der Waals surface area contributed by atoms with Crippen LogP contribution in [-0.4, -0.2) is 37.1 Å². The Morgan fingerprint density at radius 2 is 1.00 bits per heavy atom. The average Bonchev–Trinajstić information content (AvgIpc) is 1.85. The molecule has 2 nitrogen and oxygen atoms in total. The standard InChI is InChI=1S/C6H15N.C5H13N.CH4/c1-6(2,3)7(4)5;1-5(2,3)6-4;/h1-5H3;6H,1-4H3;1H4. The Morgan fingerprint density at radius 1 is 0.857 bits per heavy atom. The third-order valence-electron chi connectivity index (χ3n) is 2.09. The molecule has 1 N–H and O–H groups in total. The maximum atomic E-state index is 3.10. The summed E-state index contributed by atoms with van der Waals surface area (Å²) in [6.07, 6.45) is 0. The minimum atomic E-state index is 0. The van der Waals surface area contributed by atoms with Crippen molar-refractivity contribution in [2.75, 3.05) is 21.1 Å². The number of hydrogen-bond acceptors (Lipinski definition) is 2. The summed E-state index contributed by atoms with van der Waals surface area (Å²) in [7, 11) is 6.12. The summed E-state index contributed by atoms with van der Waals surface area (Å²) < 4.78 is 0. The van der Waals surface area contributed by atoms with E-state index in [0.717, 1.165) is 0 Å². The Kier molecular flexibility index (Phi) is 10.1. The molecule has 14 heavy (non-hydrogen) atoms. The highest BCUT2D eigenvalue weighted by atomic mass is 15.1. The molecule has 0 saturated heterocycles. The Morgan fingerprint density at radius 3 is 1.00 bits per heavy atom. The van der Waals surface area contributed by atoms with E-state index in [2.05, 4.69) is 65.9 Å². The lowest BCUT2D eigenvalue weighted by Gasteiger charge is -2.27. The average molecular weight is 204 g/mol. The monoisotopic (exact) mass is 204 g/mol. The maximum absolute atomic E-state index is 3.10. The Hall–Kier alpha value is -0.0800. The van der Waals surface area contributed by atoms with Crippen LogP contribution in [0, 0.1) is 0 Å². The number of rotatable bonds is 0. The lowest BCUT2D eigenvalue weighted by atomic mass is 10.1. The first kappa shape index (κ1) is 19.5. The Bertz CT molecular complexity index is 115. The molecule has 0 rings (SSSR count). The van der Waals surface area contributed by atoms with Gasteiger partial charge in [-0.05, 0) is 62.7 Å². The molecule has 0 amide bonds. The number of hydrogen-bond donors (Lipinski definition) is 1. The molecule has 0 aliphatic carbocycles. The van der Waals surface area contributed by atoms with Gasteiger partial charge in [-0.15, -0.1) is 0 Å². The van der Waals surface area contributed by atoms with Crippen LogP contribution < -0.4 is 5.32 Å². The molecule has 0 fully saturated rings. The van der Waals surface area contributed by atoms with Crippen LogP contribution >= 0.6 is 0 Å². The molecule has 0 saturated carbocycles. The topological polar surface area (TPSA) is 15.3 Å². The van der Waals surface area contributed by atoms with Crippen molar-refractivity contribution in [3.63, 3.8) is 0 Å². The van der Waals surface area contributed by atoms with E-state index in [-0.39, 0.29) is 7.43 Å². The molecule has 0 radical (unpaired) electrons. The van der Waals surface area contributed by atoms with Gasteiger partial charge in [0.05, 0.1) is 0 Å². The zero-order valence-electron chi connectivity index (χ0n) is 10.9. The Balaban J connectivity index is -0.000000163. The van der Waals surface area contributed by atoms with Gasteiger partial charge < -0.3 is 10.2 Å². The van der Waals surface area contributed by atoms with Gasteiger partial charge in [0.15, 0.2) is 0 Å². The van der Waals surface area contributed by atoms with Crippen molar-refractivity contribution in [2.24, 2.45) is 0 Å². The van der Waals surface area contributed by atoms with Gasteiger partial charge in [-0.1, -0.05) is 7.43 Å². The van der Waals surface area contributed by atoms with Crippen molar-refractivity contribution in [1.82, 2.24) is 10.2 Å². The third-order valence-corrected chi connectivity index (χ3v) is 2.09. The van der Waals surface area contributed by atoms with E-state index in [0.29, 0.717) is 11.1 Å². The molecule has 0 unspecified atom stereocenters. The SMILES string of the molecule is C.CN(C)C(C)(C)C.CNC(C)(C)C. The highest BCUT2D eigenvalue weighted by molar-refractivity contribution is 4.68. The van der Waals surface area contributed by atoms with Crippen molar-refractivity contribution >= 4 is 0 Å². The van der Waals surface area contributed by atoms with Crippen LogP contribution in [0.1, 0.15) is 49.0 Å². The van der Waals surface area contributed by atoms with Crippen LogP contribution in [-0.2, 0) is 0 Å². The molecule has 0 spiro atoms. The van der Waals surface area contributed by atoms with Crippen molar-refractivity contribution in [3.05, 3.63) is 0 Å². The van der Waals surface area contributed by atoms with Gasteiger partial charge in [-0.3, -0.25) is 0 Å². The van der Waals surface area contributed by atoms with Gasteiger partial charge in [-0.25, -0.2) is 0 Å². The van der Waals surface area contributed by atoms with Crippen molar-refractivity contribution in [1.29, 1.82) is 0 Å². The first-order chi connectivity index (χ1) is 5.50. The third kappa shape index (κ3) is 17.9. The van der Waals surface area contributed by atoms with Crippen LogP contribution in [0.25, 0.3) is 0 Å². The molecule has 0 aromatic carbocycles. The molecular formula is C12H32N2. The predicted molar refractivity (Wildman–Crippen MR) is 69.0 cm³/mol. The van der Waals surface area contributed by atoms with E-state index in [1.165, 1.54) is 0 Å². The molecule has 0 aromatic rings. The van der Waals surface area contributed by atoms with Gasteiger partial charge >= 0.3 is 0 Å². The summed E-state index contributed by atoms with van der Waals surface area (Å²) in [5, 5.41) is 3.10. The molecule has 2 heteroatoms. The summed E-state index contributed by atoms with van der Waals surface area (Å²) in [6, 6.07) is 0.